The first-order valence-corrected chi connectivity index (χ1v) is 12.0. The molecule has 1 amide bonds. The molecular weight excluding hydrogens is 450 g/mol. The van der Waals surface area contributed by atoms with Crippen molar-refractivity contribution in [3.63, 3.8) is 0 Å². The number of ether oxygens (including phenoxy) is 1. The van der Waals surface area contributed by atoms with Crippen LogP contribution < -0.4 is 5.32 Å². The number of amides is 1. The van der Waals surface area contributed by atoms with Crippen molar-refractivity contribution in [1.82, 2.24) is 9.97 Å². The first-order chi connectivity index (χ1) is 16.0. The van der Waals surface area contributed by atoms with E-state index < -0.39 is 17.0 Å². The van der Waals surface area contributed by atoms with Gasteiger partial charge in [-0.1, -0.05) is 26.8 Å². The Bertz CT molecular complexity index is 1260. The second-order valence-corrected chi connectivity index (χ2v) is 10.8. The molecule has 0 radical (unpaired) electrons. The largest absolute Gasteiger partial charge is 0.465 e. The van der Waals surface area contributed by atoms with Gasteiger partial charge in [-0.05, 0) is 67.1 Å². The third-order valence-electron chi connectivity index (χ3n) is 5.96. The Balaban J connectivity index is 1.67. The zero-order chi connectivity index (χ0) is 24.7. The molecule has 0 unspecified atom stereocenters. The summed E-state index contributed by atoms with van der Waals surface area (Å²) in [5.41, 5.74) is 2.04. The third kappa shape index (κ3) is 4.60. The summed E-state index contributed by atoms with van der Waals surface area (Å²) in [5.74, 6) is -0.0174. The zero-order valence-electron chi connectivity index (χ0n) is 20.1. The average Bonchev–Trinajstić information content (AvgIpc) is 3.29. The molecule has 8 heteroatoms. The Morgan fingerprint density at radius 2 is 1.97 bits per heavy atom. The number of aryl methyl sites for hydroxylation is 2. The molecule has 2 N–H and O–H groups in total. The lowest BCUT2D eigenvalue weighted by Crippen LogP contribution is -2.32. The number of hydrogen-bond acceptors (Lipinski definition) is 7. The maximum absolute atomic E-state index is 12.4. The van der Waals surface area contributed by atoms with Gasteiger partial charge in [0.1, 0.15) is 16.4 Å². The van der Waals surface area contributed by atoms with Gasteiger partial charge < -0.3 is 15.2 Å². The van der Waals surface area contributed by atoms with E-state index in [-0.39, 0.29) is 5.91 Å². The number of benzene rings is 1. The summed E-state index contributed by atoms with van der Waals surface area (Å²) < 4.78 is 4.83. The molecule has 0 bridgehead atoms. The minimum Gasteiger partial charge on any atom is -0.465 e. The van der Waals surface area contributed by atoms with Crippen molar-refractivity contribution in [2.45, 2.75) is 52.6 Å². The van der Waals surface area contributed by atoms with E-state index in [9.17, 15) is 14.7 Å². The highest BCUT2D eigenvalue weighted by Gasteiger charge is 2.39. The maximum Gasteiger partial charge on any atom is 0.337 e. The van der Waals surface area contributed by atoms with E-state index in [1.807, 2.05) is 39.8 Å². The fourth-order valence-electron chi connectivity index (χ4n) is 4.09. The second kappa shape index (κ2) is 8.92. The van der Waals surface area contributed by atoms with Gasteiger partial charge >= 0.3 is 5.97 Å². The molecule has 34 heavy (non-hydrogen) atoms. The molecule has 2 heterocycles. The number of methoxy groups -OCH3 is 1. The van der Waals surface area contributed by atoms with E-state index in [1.165, 1.54) is 18.4 Å². The van der Waals surface area contributed by atoms with Crippen LogP contribution in [0.2, 0.25) is 0 Å². The minimum absolute atomic E-state index is 0.110. The third-order valence-corrected chi connectivity index (χ3v) is 7.13. The van der Waals surface area contributed by atoms with Crippen molar-refractivity contribution in [2.75, 3.05) is 12.4 Å². The van der Waals surface area contributed by atoms with E-state index in [1.54, 1.807) is 24.4 Å². The van der Waals surface area contributed by atoms with Gasteiger partial charge in [0.15, 0.2) is 0 Å². The number of carbonyl (C=O) groups is 2. The van der Waals surface area contributed by atoms with Crippen molar-refractivity contribution >= 4 is 29.0 Å². The molecule has 1 aliphatic carbocycles. The molecule has 0 saturated heterocycles. The standard InChI is InChI=1S/C26H29N3O4S/c1-15-11-19(28-21(12-15)29-23(31)25(2,3)4)20-14-27-24(34-20)26(32)10-6-7-16-13-17(22(30)33-5)8-9-18(16)26/h8-9,11-14,32H,6-7,10H2,1-5H3,(H,28,29,31)/t26-/m1/s1. The molecule has 3 aromatic rings. The first kappa shape index (κ1) is 24.0. The number of nitrogens with one attached hydrogen (secondary N) is 1. The van der Waals surface area contributed by atoms with E-state index in [0.29, 0.717) is 28.5 Å². The number of rotatable bonds is 4. The Morgan fingerprint density at radius 1 is 1.21 bits per heavy atom. The van der Waals surface area contributed by atoms with Crippen LogP contribution in [-0.2, 0) is 21.6 Å². The lowest BCUT2D eigenvalue weighted by molar-refractivity contribution is -0.123. The fraction of sp³-hybridized carbons (Fsp3) is 0.385. The molecular formula is C26H29N3O4S. The summed E-state index contributed by atoms with van der Waals surface area (Å²) >= 11 is 1.38. The predicted octanol–water partition coefficient (Wildman–Crippen LogP) is 4.86. The zero-order valence-corrected chi connectivity index (χ0v) is 20.9. The predicted molar refractivity (Wildman–Crippen MR) is 132 cm³/mol. The number of esters is 1. The lowest BCUT2D eigenvalue weighted by atomic mass is 9.79. The highest BCUT2D eigenvalue weighted by molar-refractivity contribution is 7.15. The van der Waals surface area contributed by atoms with E-state index >= 15 is 0 Å². The number of aliphatic hydroxyl groups is 1. The van der Waals surface area contributed by atoms with Crippen molar-refractivity contribution in [3.8, 4) is 10.6 Å². The van der Waals surface area contributed by atoms with E-state index in [0.717, 1.165) is 34.4 Å². The molecule has 0 saturated carbocycles. The molecule has 7 nitrogen and oxygen atoms in total. The Labute approximate surface area is 203 Å². The van der Waals surface area contributed by atoms with Crippen LogP contribution in [0.25, 0.3) is 10.6 Å². The van der Waals surface area contributed by atoms with Crippen LogP contribution in [0.5, 0.6) is 0 Å². The summed E-state index contributed by atoms with van der Waals surface area (Å²) in [4.78, 5) is 34.4. The van der Waals surface area contributed by atoms with Crippen molar-refractivity contribution in [2.24, 2.45) is 5.41 Å². The summed E-state index contributed by atoms with van der Waals surface area (Å²) in [6, 6.07) is 9.05. The number of aromatic nitrogens is 2. The average molecular weight is 480 g/mol. The van der Waals surface area contributed by atoms with Gasteiger partial charge in [0.2, 0.25) is 5.91 Å². The molecule has 178 valence electrons. The van der Waals surface area contributed by atoms with Crippen molar-refractivity contribution in [1.29, 1.82) is 0 Å². The molecule has 0 fully saturated rings. The monoisotopic (exact) mass is 479 g/mol. The number of nitrogens with zero attached hydrogens (tertiary/aromatic N) is 2. The van der Waals surface area contributed by atoms with Gasteiger partial charge in [0.25, 0.3) is 0 Å². The molecule has 1 atom stereocenters. The Hall–Kier alpha value is -3.10. The molecule has 1 aromatic carbocycles. The molecule has 2 aromatic heterocycles. The second-order valence-electron chi connectivity index (χ2n) is 9.73. The number of pyridine rings is 1. The topological polar surface area (TPSA) is 101 Å². The smallest absolute Gasteiger partial charge is 0.337 e. The van der Waals surface area contributed by atoms with Crippen molar-refractivity contribution in [3.05, 3.63) is 63.8 Å². The molecule has 4 rings (SSSR count). The number of anilines is 1. The SMILES string of the molecule is COC(=O)c1ccc2c(c1)CCC[C@]2(O)c1ncc(-c2cc(C)cc(NC(=O)C(C)(C)C)n2)s1. The van der Waals surface area contributed by atoms with Gasteiger partial charge in [-0.15, -0.1) is 11.3 Å². The molecule has 0 spiro atoms. The number of thiazole rings is 1. The lowest BCUT2D eigenvalue weighted by Gasteiger charge is -2.33. The summed E-state index contributed by atoms with van der Waals surface area (Å²) in [6.07, 6.45) is 3.80. The van der Waals surface area contributed by atoms with Gasteiger partial charge in [-0.25, -0.2) is 14.8 Å². The van der Waals surface area contributed by atoms with Gasteiger partial charge in [0.05, 0.1) is 23.2 Å². The summed E-state index contributed by atoms with van der Waals surface area (Å²) in [5, 5.41) is 15.2. The van der Waals surface area contributed by atoms with Crippen LogP contribution in [0, 0.1) is 12.3 Å². The first-order valence-electron chi connectivity index (χ1n) is 11.2. The number of carbonyl (C=O) groups excluding carboxylic acids is 2. The highest BCUT2D eigenvalue weighted by atomic mass is 32.1. The molecule has 1 aliphatic rings. The van der Waals surface area contributed by atoms with Crippen LogP contribution in [0.15, 0.2) is 36.5 Å². The summed E-state index contributed by atoms with van der Waals surface area (Å²) in [6.45, 7) is 7.51. The fourth-order valence-corrected chi connectivity index (χ4v) is 5.09. The maximum atomic E-state index is 12.4. The van der Waals surface area contributed by atoms with E-state index in [4.69, 9.17) is 4.74 Å². The highest BCUT2D eigenvalue weighted by Crippen LogP contribution is 2.43. The van der Waals surface area contributed by atoms with Crippen LogP contribution in [0.1, 0.15) is 65.7 Å². The summed E-state index contributed by atoms with van der Waals surface area (Å²) in [7, 11) is 1.36. The minimum atomic E-state index is -1.24. The van der Waals surface area contributed by atoms with Gasteiger partial charge in [-0.2, -0.15) is 0 Å². The Morgan fingerprint density at radius 3 is 2.68 bits per heavy atom. The quantitative estimate of drug-likeness (QED) is 0.519. The van der Waals surface area contributed by atoms with E-state index in [2.05, 4.69) is 15.3 Å². The van der Waals surface area contributed by atoms with Crippen LogP contribution in [0.3, 0.4) is 0 Å². The Kier molecular flexibility index (Phi) is 6.31. The van der Waals surface area contributed by atoms with Crippen molar-refractivity contribution < 1.29 is 19.4 Å². The van der Waals surface area contributed by atoms with Crippen LogP contribution in [-0.4, -0.2) is 34.1 Å². The van der Waals surface area contributed by atoms with Gasteiger partial charge in [0, 0.05) is 11.6 Å². The van der Waals surface area contributed by atoms with Crippen LogP contribution >= 0.6 is 11.3 Å². The van der Waals surface area contributed by atoms with Crippen LogP contribution in [0.4, 0.5) is 5.82 Å². The number of fused-ring (bicyclic) bond motifs is 1. The normalized spacial score (nSPS) is 17.7. The van der Waals surface area contributed by atoms with Gasteiger partial charge in [-0.3, -0.25) is 4.79 Å². The number of hydrogen-bond donors (Lipinski definition) is 2. The molecule has 0 aliphatic heterocycles.